The average molecular weight is 408 g/mol. The highest BCUT2D eigenvalue weighted by molar-refractivity contribution is 5.85. The van der Waals surface area contributed by atoms with E-state index in [1.807, 2.05) is 36.4 Å². The first-order valence-electron chi connectivity index (χ1n) is 10.1. The summed E-state index contributed by atoms with van der Waals surface area (Å²) < 4.78 is 10.3. The van der Waals surface area contributed by atoms with Crippen molar-refractivity contribution >= 4 is 18.0 Å². The molecule has 2 amide bonds. The largest absolute Gasteiger partial charge is 0.467 e. The van der Waals surface area contributed by atoms with Crippen molar-refractivity contribution in [2.75, 3.05) is 20.3 Å². The van der Waals surface area contributed by atoms with Crippen LogP contribution in [0.25, 0.3) is 11.1 Å². The smallest absolute Gasteiger partial charge is 0.407 e. The summed E-state index contributed by atoms with van der Waals surface area (Å²) in [5.74, 6) is -1.11. The van der Waals surface area contributed by atoms with Gasteiger partial charge in [-0.25, -0.2) is 9.59 Å². The number of carbonyl (C=O) groups excluding carboxylic acids is 3. The average Bonchev–Trinajstić information content (AvgIpc) is 3.32. The number of methoxy groups -OCH3 is 1. The molecule has 2 aromatic carbocycles. The molecule has 2 N–H and O–H groups in total. The maximum Gasteiger partial charge on any atom is 0.407 e. The van der Waals surface area contributed by atoms with Gasteiger partial charge >= 0.3 is 12.1 Å². The van der Waals surface area contributed by atoms with Gasteiger partial charge in [-0.3, -0.25) is 4.79 Å². The second kappa shape index (κ2) is 8.57. The van der Waals surface area contributed by atoms with Crippen LogP contribution >= 0.6 is 0 Å². The van der Waals surface area contributed by atoms with Crippen molar-refractivity contribution in [2.24, 2.45) is 5.92 Å². The fourth-order valence-corrected chi connectivity index (χ4v) is 4.29. The summed E-state index contributed by atoms with van der Waals surface area (Å²) in [5.41, 5.74) is 4.50. The molecule has 1 heterocycles. The number of carbonyl (C=O) groups is 3. The van der Waals surface area contributed by atoms with Crippen molar-refractivity contribution in [2.45, 2.75) is 24.8 Å². The van der Waals surface area contributed by atoms with Gasteiger partial charge in [-0.05, 0) is 35.1 Å². The number of ether oxygens (including phenoxy) is 2. The van der Waals surface area contributed by atoms with Gasteiger partial charge in [-0.1, -0.05) is 48.5 Å². The number of rotatable bonds is 6. The van der Waals surface area contributed by atoms with E-state index in [9.17, 15) is 14.4 Å². The summed E-state index contributed by atoms with van der Waals surface area (Å²) in [6, 6.07) is 15.2. The maximum absolute atomic E-state index is 12.5. The Balaban J connectivity index is 1.42. The predicted molar refractivity (Wildman–Crippen MR) is 110 cm³/mol. The van der Waals surface area contributed by atoms with Crippen molar-refractivity contribution in [1.29, 1.82) is 0 Å². The van der Waals surface area contributed by atoms with E-state index in [1.165, 1.54) is 7.11 Å². The molecule has 2 aliphatic rings. The number of hydrogen-bond donors (Lipinski definition) is 2. The van der Waals surface area contributed by atoms with E-state index in [2.05, 4.69) is 22.8 Å². The van der Waals surface area contributed by atoms with Gasteiger partial charge < -0.3 is 20.1 Å². The molecule has 1 aliphatic carbocycles. The van der Waals surface area contributed by atoms with Crippen molar-refractivity contribution < 1.29 is 23.9 Å². The molecule has 1 saturated heterocycles. The van der Waals surface area contributed by atoms with E-state index in [0.717, 1.165) is 22.3 Å². The second-order valence-corrected chi connectivity index (χ2v) is 7.56. The summed E-state index contributed by atoms with van der Waals surface area (Å²) >= 11 is 0. The zero-order valence-electron chi connectivity index (χ0n) is 16.7. The Labute approximate surface area is 174 Å². The van der Waals surface area contributed by atoms with Crippen molar-refractivity contribution in [3.63, 3.8) is 0 Å². The van der Waals surface area contributed by atoms with Gasteiger partial charge in [0, 0.05) is 18.4 Å². The van der Waals surface area contributed by atoms with Gasteiger partial charge in [-0.2, -0.15) is 0 Å². The number of amides is 2. The van der Waals surface area contributed by atoms with Crippen LogP contribution in [0, 0.1) is 5.92 Å². The van der Waals surface area contributed by atoms with Crippen LogP contribution in [0.15, 0.2) is 48.5 Å². The van der Waals surface area contributed by atoms with Gasteiger partial charge in [0.2, 0.25) is 5.91 Å². The third kappa shape index (κ3) is 3.87. The van der Waals surface area contributed by atoms with E-state index >= 15 is 0 Å². The van der Waals surface area contributed by atoms with Gasteiger partial charge in [0.25, 0.3) is 0 Å². The van der Waals surface area contributed by atoms with Crippen LogP contribution in [0.1, 0.15) is 29.9 Å². The number of fused-ring (bicyclic) bond motifs is 3. The molecule has 30 heavy (non-hydrogen) atoms. The van der Waals surface area contributed by atoms with E-state index in [4.69, 9.17) is 9.47 Å². The molecule has 0 spiro atoms. The summed E-state index contributed by atoms with van der Waals surface area (Å²) in [4.78, 5) is 36.4. The number of nitrogens with one attached hydrogen (secondary N) is 2. The first kappa shape index (κ1) is 19.9. The van der Waals surface area contributed by atoms with Crippen LogP contribution in [0.4, 0.5) is 4.79 Å². The normalized spacial score (nSPS) is 18.2. The van der Waals surface area contributed by atoms with E-state index in [-0.39, 0.29) is 30.8 Å². The first-order chi connectivity index (χ1) is 14.6. The van der Waals surface area contributed by atoms with Gasteiger partial charge in [0.15, 0.2) is 0 Å². The Morgan fingerprint density at radius 1 is 1.10 bits per heavy atom. The highest BCUT2D eigenvalue weighted by atomic mass is 16.6. The van der Waals surface area contributed by atoms with E-state index < -0.39 is 18.1 Å². The van der Waals surface area contributed by atoms with Gasteiger partial charge in [0.05, 0.1) is 7.11 Å². The zero-order chi connectivity index (χ0) is 21.1. The molecule has 2 atom stereocenters. The summed E-state index contributed by atoms with van der Waals surface area (Å²) in [7, 11) is 1.25. The highest BCUT2D eigenvalue weighted by Crippen LogP contribution is 2.44. The lowest BCUT2D eigenvalue weighted by Crippen LogP contribution is -2.44. The third-order valence-corrected chi connectivity index (χ3v) is 5.80. The monoisotopic (exact) mass is 408 g/mol. The lowest BCUT2D eigenvalue weighted by atomic mass is 9.98. The Hall–Kier alpha value is -3.35. The van der Waals surface area contributed by atoms with Crippen molar-refractivity contribution in [3.8, 4) is 11.1 Å². The Morgan fingerprint density at radius 3 is 2.30 bits per heavy atom. The SMILES string of the molecule is COC(=O)[C@H](C[C@@H]1CCNC1=O)NC(=O)OCC1c2ccccc2-c2ccccc21. The molecule has 0 bridgehead atoms. The Bertz CT molecular complexity index is 928. The lowest BCUT2D eigenvalue weighted by molar-refractivity contribution is -0.143. The van der Waals surface area contributed by atoms with Crippen LogP contribution in [0.2, 0.25) is 0 Å². The molecule has 0 radical (unpaired) electrons. The topological polar surface area (TPSA) is 93.7 Å². The predicted octanol–water partition coefficient (Wildman–Crippen LogP) is 2.59. The second-order valence-electron chi connectivity index (χ2n) is 7.56. The molecular formula is C23H24N2O5. The van der Waals surface area contributed by atoms with Crippen LogP contribution in [0.3, 0.4) is 0 Å². The number of benzene rings is 2. The highest BCUT2D eigenvalue weighted by Gasteiger charge is 2.33. The molecule has 2 aromatic rings. The summed E-state index contributed by atoms with van der Waals surface area (Å²) in [6.45, 7) is 0.722. The quantitative estimate of drug-likeness (QED) is 0.717. The van der Waals surface area contributed by atoms with E-state index in [1.54, 1.807) is 0 Å². The Kier molecular flexibility index (Phi) is 5.70. The Morgan fingerprint density at radius 2 is 1.73 bits per heavy atom. The molecule has 1 fully saturated rings. The minimum atomic E-state index is -0.931. The fourth-order valence-electron chi connectivity index (χ4n) is 4.29. The maximum atomic E-state index is 12.5. The fraction of sp³-hybridized carbons (Fsp3) is 0.348. The number of hydrogen-bond acceptors (Lipinski definition) is 5. The molecule has 0 unspecified atom stereocenters. The number of esters is 1. The molecule has 156 valence electrons. The molecule has 7 nitrogen and oxygen atoms in total. The lowest BCUT2D eigenvalue weighted by Gasteiger charge is -2.20. The first-order valence-corrected chi connectivity index (χ1v) is 10.1. The molecule has 0 aromatic heterocycles. The van der Waals surface area contributed by atoms with Crippen molar-refractivity contribution in [3.05, 3.63) is 59.7 Å². The standard InChI is InChI=1S/C23H24N2O5/c1-29-22(27)20(12-14-10-11-24-21(14)26)25-23(28)30-13-19-17-8-4-2-6-15(17)16-7-3-5-9-18(16)19/h2-9,14,19-20H,10-13H2,1H3,(H,24,26)(H,25,28)/t14-,20-/m0/s1. The van der Waals surface area contributed by atoms with Crippen LogP contribution < -0.4 is 10.6 Å². The van der Waals surface area contributed by atoms with E-state index in [0.29, 0.717) is 13.0 Å². The van der Waals surface area contributed by atoms with Gasteiger partial charge in [0.1, 0.15) is 12.6 Å². The molecule has 0 saturated carbocycles. The third-order valence-electron chi connectivity index (χ3n) is 5.80. The molecule has 1 aliphatic heterocycles. The molecule has 7 heteroatoms. The summed E-state index contributed by atoms with van der Waals surface area (Å²) in [5, 5.41) is 5.30. The zero-order valence-corrected chi connectivity index (χ0v) is 16.7. The minimum Gasteiger partial charge on any atom is -0.467 e. The van der Waals surface area contributed by atoms with Crippen molar-refractivity contribution in [1.82, 2.24) is 10.6 Å². The summed E-state index contributed by atoms with van der Waals surface area (Å²) in [6.07, 6.45) is 0.104. The number of alkyl carbamates (subject to hydrolysis) is 1. The van der Waals surface area contributed by atoms with Gasteiger partial charge in [-0.15, -0.1) is 0 Å². The van der Waals surface area contributed by atoms with Crippen LogP contribution in [0.5, 0.6) is 0 Å². The molecule has 4 rings (SSSR count). The molecular weight excluding hydrogens is 384 g/mol. The van der Waals surface area contributed by atoms with Crippen LogP contribution in [-0.2, 0) is 19.1 Å². The minimum absolute atomic E-state index is 0.0691. The van der Waals surface area contributed by atoms with Crippen LogP contribution in [-0.4, -0.2) is 44.3 Å².